The van der Waals surface area contributed by atoms with E-state index >= 15 is 0 Å². The van der Waals surface area contributed by atoms with Crippen molar-refractivity contribution in [2.75, 3.05) is 20.3 Å². The Morgan fingerprint density at radius 1 is 1.06 bits per heavy atom. The van der Waals surface area contributed by atoms with E-state index in [-0.39, 0.29) is 11.3 Å². The maximum Gasteiger partial charge on any atom is 0.295 e. The monoisotopic (exact) mass is 475 g/mol. The van der Waals surface area contributed by atoms with E-state index in [4.69, 9.17) is 13.9 Å². The Hall–Kier alpha value is -3.84. The molecule has 3 aromatic rings. The molecule has 0 spiro atoms. The maximum absolute atomic E-state index is 13.0. The lowest BCUT2D eigenvalue weighted by atomic mass is 9.99. The second-order valence-electron chi connectivity index (χ2n) is 8.59. The van der Waals surface area contributed by atoms with E-state index in [1.165, 1.54) is 4.90 Å². The summed E-state index contributed by atoms with van der Waals surface area (Å²) in [5.74, 6) is 0.0538. The van der Waals surface area contributed by atoms with Crippen molar-refractivity contribution >= 4 is 17.4 Å². The van der Waals surface area contributed by atoms with Crippen LogP contribution in [-0.4, -0.2) is 42.0 Å². The fourth-order valence-corrected chi connectivity index (χ4v) is 4.22. The number of aryl methyl sites for hydroxylation is 2. The van der Waals surface area contributed by atoms with Crippen LogP contribution in [0.3, 0.4) is 0 Å². The van der Waals surface area contributed by atoms with Crippen LogP contribution in [0.15, 0.2) is 70.7 Å². The number of methoxy groups -OCH3 is 1. The minimum Gasteiger partial charge on any atom is -0.507 e. The fraction of sp³-hybridized carbons (Fsp3) is 0.286. The molecule has 2 heterocycles. The number of furan rings is 1. The van der Waals surface area contributed by atoms with Gasteiger partial charge in [0.2, 0.25) is 0 Å². The number of carbonyl (C=O) groups excluding carboxylic acids is 2. The number of nitrogens with zero attached hydrogens (tertiary/aromatic N) is 1. The molecule has 0 bridgehead atoms. The number of ether oxygens (including phenoxy) is 2. The number of likely N-dealkylation sites (tertiary alicyclic amines) is 1. The largest absolute Gasteiger partial charge is 0.507 e. The quantitative estimate of drug-likeness (QED) is 0.204. The Bertz CT molecular complexity index is 1240. The smallest absolute Gasteiger partial charge is 0.295 e. The molecule has 0 aliphatic carbocycles. The molecule has 1 N–H and O–H groups in total. The fourth-order valence-electron chi connectivity index (χ4n) is 4.22. The average molecular weight is 476 g/mol. The van der Waals surface area contributed by atoms with Crippen molar-refractivity contribution in [1.29, 1.82) is 0 Å². The molecule has 1 aromatic heterocycles. The second kappa shape index (κ2) is 10.6. The van der Waals surface area contributed by atoms with Gasteiger partial charge in [-0.3, -0.25) is 9.59 Å². The molecule has 1 amide bonds. The van der Waals surface area contributed by atoms with Gasteiger partial charge in [-0.2, -0.15) is 0 Å². The summed E-state index contributed by atoms with van der Waals surface area (Å²) in [5.41, 5.74) is 2.64. The number of rotatable bonds is 9. The highest BCUT2D eigenvalue weighted by Gasteiger charge is 2.47. The minimum absolute atomic E-state index is 0.00944. The molecule has 35 heavy (non-hydrogen) atoms. The standard InChI is InChI=1S/C28H29NO6/c1-18-6-4-7-20(16-18)17-34-22-11-9-21(10-12-22)26(30)24-25(23-13-8-19(2)35-23)29(14-5-15-33-3)28(32)27(24)31/h4,6-13,16,25,30H,5,14-15,17H2,1-3H3/b26-24+/t25-/m0/s1. The zero-order valence-corrected chi connectivity index (χ0v) is 20.1. The summed E-state index contributed by atoms with van der Waals surface area (Å²) in [4.78, 5) is 27.3. The first-order valence-electron chi connectivity index (χ1n) is 11.5. The summed E-state index contributed by atoms with van der Waals surface area (Å²) in [7, 11) is 1.58. The molecule has 0 saturated carbocycles. The number of benzene rings is 2. The number of hydrogen-bond acceptors (Lipinski definition) is 6. The summed E-state index contributed by atoms with van der Waals surface area (Å²) in [6.45, 7) is 4.97. The van der Waals surface area contributed by atoms with Gasteiger partial charge >= 0.3 is 0 Å². The van der Waals surface area contributed by atoms with Crippen molar-refractivity contribution in [1.82, 2.24) is 4.90 Å². The topological polar surface area (TPSA) is 89.2 Å². The molecule has 4 rings (SSSR count). The number of carbonyl (C=O) groups is 2. The van der Waals surface area contributed by atoms with Crippen LogP contribution in [0.1, 0.15) is 40.7 Å². The first-order chi connectivity index (χ1) is 16.9. The van der Waals surface area contributed by atoms with Gasteiger partial charge in [0, 0.05) is 25.8 Å². The van der Waals surface area contributed by atoms with Crippen LogP contribution in [-0.2, 0) is 20.9 Å². The molecule has 1 saturated heterocycles. The average Bonchev–Trinajstić information content (AvgIpc) is 3.39. The van der Waals surface area contributed by atoms with E-state index in [0.29, 0.717) is 49.0 Å². The van der Waals surface area contributed by atoms with E-state index in [2.05, 4.69) is 6.07 Å². The van der Waals surface area contributed by atoms with Crippen LogP contribution in [0.5, 0.6) is 5.75 Å². The summed E-state index contributed by atoms with van der Waals surface area (Å²) < 4.78 is 16.7. The lowest BCUT2D eigenvalue weighted by Crippen LogP contribution is -2.31. The predicted molar refractivity (Wildman–Crippen MR) is 131 cm³/mol. The van der Waals surface area contributed by atoms with Crippen molar-refractivity contribution in [2.24, 2.45) is 0 Å². The lowest BCUT2D eigenvalue weighted by molar-refractivity contribution is -0.140. The van der Waals surface area contributed by atoms with Crippen molar-refractivity contribution in [3.8, 4) is 5.75 Å². The summed E-state index contributed by atoms with van der Waals surface area (Å²) >= 11 is 0. The zero-order chi connectivity index (χ0) is 24.9. The van der Waals surface area contributed by atoms with E-state index < -0.39 is 17.7 Å². The van der Waals surface area contributed by atoms with Gasteiger partial charge in [-0.1, -0.05) is 29.8 Å². The van der Waals surface area contributed by atoms with Crippen LogP contribution in [0.2, 0.25) is 0 Å². The van der Waals surface area contributed by atoms with Crippen LogP contribution in [0, 0.1) is 13.8 Å². The number of ketones is 1. The first kappa shape index (κ1) is 24.3. The van der Waals surface area contributed by atoms with Crippen molar-refractivity contribution in [2.45, 2.75) is 32.9 Å². The van der Waals surface area contributed by atoms with Gasteiger partial charge in [0.1, 0.15) is 35.7 Å². The predicted octanol–water partition coefficient (Wildman–Crippen LogP) is 4.93. The molecule has 0 radical (unpaired) electrons. The molecule has 1 atom stereocenters. The highest BCUT2D eigenvalue weighted by molar-refractivity contribution is 6.46. The van der Waals surface area contributed by atoms with Gasteiger partial charge < -0.3 is 23.9 Å². The van der Waals surface area contributed by atoms with Gasteiger partial charge in [-0.15, -0.1) is 0 Å². The van der Waals surface area contributed by atoms with E-state index in [1.807, 2.05) is 25.1 Å². The van der Waals surface area contributed by atoms with Crippen LogP contribution < -0.4 is 4.74 Å². The Balaban J connectivity index is 1.61. The molecular formula is C28H29NO6. The number of aliphatic hydroxyl groups excluding tert-OH is 1. The molecule has 7 heteroatoms. The minimum atomic E-state index is -0.808. The summed E-state index contributed by atoms with van der Waals surface area (Å²) in [6, 6.07) is 17.5. The highest BCUT2D eigenvalue weighted by atomic mass is 16.5. The Morgan fingerprint density at radius 2 is 1.83 bits per heavy atom. The van der Waals surface area contributed by atoms with E-state index in [0.717, 1.165) is 11.1 Å². The SMILES string of the molecule is COCCCN1C(=O)C(=O)/C(=C(/O)c2ccc(OCc3cccc(C)c3)cc2)[C@@H]1c1ccc(C)o1. The van der Waals surface area contributed by atoms with Gasteiger partial charge in [0.15, 0.2) is 0 Å². The Kier molecular flexibility index (Phi) is 7.36. The Labute approximate surface area is 204 Å². The van der Waals surface area contributed by atoms with Crippen molar-refractivity contribution in [3.05, 3.63) is 94.4 Å². The molecule has 1 fully saturated rings. The molecule has 1 aliphatic heterocycles. The number of Topliss-reactive ketones (excluding diaryl/α,β-unsaturated/α-hetero) is 1. The van der Waals surface area contributed by atoms with Crippen LogP contribution in [0.25, 0.3) is 5.76 Å². The zero-order valence-electron chi connectivity index (χ0n) is 20.1. The van der Waals surface area contributed by atoms with E-state index in [9.17, 15) is 14.7 Å². The normalized spacial score (nSPS) is 17.2. The maximum atomic E-state index is 13.0. The third-order valence-corrected chi connectivity index (χ3v) is 5.93. The van der Waals surface area contributed by atoms with Crippen molar-refractivity contribution in [3.63, 3.8) is 0 Å². The Morgan fingerprint density at radius 3 is 2.49 bits per heavy atom. The molecule has 7 nitrogen and oxygen atoms in total. The molecule has 1 aliphatic rings. The number of amides is 1. The number of aliphatic hydroxyl groups is 1. The van der Waals surface area contributed by atoms with Crippen LogP contribution in [0.4, 0.5) is 0 Å². The lowest BCUT2D eigenvalue weighted by Gasteiger charge is -2.23. The first-order valence-corrected chi connectivity index (χ1v) is 11.5. The van der Waals surface area contributed by atoms with Crippen molar-refractivity contribution < 1.29 is 28.6 Å². The molecule has 182 valence electrons. The second-order valence-corrected chi connectivity index (χ2v) is 8.59. The van der Waals surface area contributed by atoms with Gasteiger partial charge in [0.25, 0.3) is 11.7 Å². The van der Waals surface area contributed by atoms with E-state index in [1.54, 1.807) is 50.4 Å². The van der Waals surface area contributed by atoms with Crippen LogP contribution >= 0.6 is 0 Å². The third kappa shape index (κ3) is 5.30. The number of hydrogen-bond donors (Lipinski definition) is 1. The summed E-state index contributed by atoms with van der Waals surface area (Å²) in [6.07, 6.45) is 0.548. The van der Waals surface area contributed by atoms with Gasteiger partial charge in [-0.05, 0) is 62.2 Å². The van der Waals surface area contributed by atoms with Gasteiger partial charge in [0.05, 0.1) is 5.57 Å². The highest BCUT2D eigenvalue weighted by Crippen LogP contribution is 2.40. The third-order valence-electron chi connectivity index (χ3n) is 5.93. The summed E-state index contributed by atoms with van der Waals surface area (Å²) in [5, 5.41) is 11.1. The molecule has 2 aromatic carbocycles. The molecular weight excluding hydrogens is 446 g/mol. The van der Waals surface area contributed by atoms with Gasteiger partial charge in [-0.25, -0.2) is 0 Å². The molecule has 0 unspecified atom stereocenters.